The van der Waals surface area contributed by atoms with Gasteiger partial charge in [0.2, 0.25) is 5.91 Å². The number of carbonyl (C=O) groups excluding carboxylic acids is 1. The Morgan fingerprint density at radius 1 is 1.38 bits per heavy atom. The van der Waals surface area contributed by atoms with Crippen LogP contribution in [0.2, 0.25) is 0 Å². The van der Waals surface area contributed by atoms with E-state index in [1.165, 1.54) is 5.56 Å². The molecule has 1 saturated heterocycles. The third kappa shape index (κ3) is 3.85. The maximum absolute atomic E-state index is 12.3. The fourth-order valence-electron chi connectivity index (χ4n) is 3.30. The first kappa shape index (κ1) is 16.7. The highest BCUT2D eigenvalue weighted by atomic mass is 16.2. The van der Waals surface area contributed by atoms with Crippen LogP contribution >= 0.6 is 0 Å². The van der Waals surface area contributed by atoms with Gasteiger partial charge < -0.3 is 10.2 Å². The smallest absolute Gasteiger partial charge is 0.239 e. The number of aromatic nitrogens is 2. The summed E-state index contributed by atoms with van der Waals surface area (Å²) in [6.45, 7) is 1.73. The maximum atomic E-state index is 12.3. The van der Waals surface area contributed by atoms with Gasteiger partial charge in [0.1, 0.15) is 0 Å². The minimum atomic E-state index is 0.0227. The second-order valence-electron chi connectivity index (χ2n) is 6.52. The first-order chi connectivity index (χ1) is 11.6. The number of hydrogen-bond donors (Lipinski definition) is 1. The molecule has 1 amide bonds. The number of rotatable bonds is 6. The summed E-state index contributed by atoms with van der Waals surface area (Å²) < 4.78 is 1.93. The summed E-state index contributed by atoms with van der Waals surface area (Å²) in [5.74, 6) is 0.221. The van der Waals surface area contributed by atoms with Gasteiger partial charge in [0, 0.05) is 20.6 Å². The monoisotopic (exact) mass is 326 g/mol. The predicted molar refractivity (Wildman–Crippen MR) is 95.6 cm³/mol. The third-order valence-electron chi connectivity index (χ3n) is 4.66. The number of hydrogen-bond acceptors (Lipinski definition) is 3. The van der Waals surface area contributed by atoms with E-state index in [0.717, 1.165) is 50.2 Å². The van der Waals surface area contributed by atoms with Crippen molar-refractivity contribution in [2.45, 2.75) is 31.7 Å². The summed E-state index contributed by atoms with van der Waals surface area (Å²) in [5.41, 5.74) is 3.39. The lowest BCUT2D eigenvalue weighted by atomic mass is 10.1. The Bertz CT molecular complexity index is 674. The highest BCUT2D eigenvalue weighted by Gasteiger charge is 2.24. The highest BCUT2D eigenvalue weighted by molar-refractivity contribution is 5.81. The molecule has 2 heterocycles. The molecule has 1 unspecified atom stereocenters. The van der Waals surface area contributed by atoms with Gasteiger partial charge in [-0.05, 0) is 43.9 Å². The summed E-state index contributed by atoms with van der Waals surface area (Å²) in [6, 6.07) is 12.5. The zero-order valence-electron chi connectivity index (χ0n) is 14.5. The van der Waals surface area contributed by atoms with Crippen molar-refractivity contribution in [3.8, 4) is 11.3 Å². The van der Waals surface area contributed by atoms with Crippen molar-refractivity contribution in [1.82, 2.24) is 20.0 Å². The molecule has 5 heteroatoms. The normalized spacial score (nSPS) is 17.2. The van der Waals surface area contributed by atoms with Crippen LogP contribution in [0.25, 0.3) is 11.3 Å². The highest BCUT2D eigenvalue weighted by Crippen LogP contribution is 2.20. The molecule has 1 fully saturated rings. The van der Waals surface area contributed by atoms with Crippen molar-refractivity contribution in [2.24, 2.45) is 7.05 Å². The Morgan fingerprint density at radius 3 is 2.88 bits per heavy atom. The molecule has 0 bridgehead atoms. The predicted octanol–water partition coefficient (Wildman–Crippen LogP) is 2.23. The summed E-state index contributed by atoms with van der Waals surface area (Å²) in [7, 11) is 3.88. The Hall–Kier alpha value is -2.14. The number of aryl methyl sites for hydroxylation is 2. The first-order valence-electron chi connectivity index (χ1n) is 8.72. The molecule has 1 atom stereocenters. The van der Waals surface area contributed by atoms with E-state index in [1.54, 1.807) is 0 Å². The average molecular weight is 326 g/mol. The van der Waals surface area contributed by atoms with Crippen molar-refractivity contribution in [3.05, 3.63) is 42.1 Å². The van der Waals surface area contributed by atoms with Crippen LogP contribution in [0.1, 0.15) is 25.0 Å². The van der Waals surface area contributed by atoms with Gasteiger partial charge >= 0.3 is 0 Å². The van der Waals surface area contributed by atoms with Gasteiger partial charge in [0.05, 0.1) is 17.4 Å². The van der Waals surface area contributed by atoms with Crippen molar-refractivity contribution in [3.63, 3.8) is 0 Å². The number of nitrogens with one attached hydrogen (secondary N) is 1. The maximum Gasteiger partial charge on any atom is 0.239 e. The van der Waals surface area contributed by atoms with E-state index in [9.17, 15) is 4.79 Å². The average Bonchev–Trinajstić information content (AvgIpc) is 3.25. The van der Waals surface area contributed by atoms with Crippen LogP contribution in [0.15, 0.2) is 36.4 Å². The second-order valence-corrected chi connectivity index (χ2v) is 6.52. The van der Waals surface area contributed by atoms with Crippen LogP contribution in [0.4, 0.5) is 0 Å². The molecule has 1 aromatic heterocycles. The van der Waals surface area contributed by atoms with Crippen LogP contribution in [0.5, 0.6) is 0 Å². The van der Waals surface area contributed by atoms with Crippen LogP contribution in [-0.2, 0) is 18.3 Å². The van der Waals surface area contributed by atoms with Crippen LogP contribution in [-0.4, -0.2) is 46.8 Å². The molecule has 1 aliphatic rings. The molecular formula is C19H26N4O. The van der Waals surface area contributed by atoms with Crippen molar-refractivity contribution >= 4 is 5.91 Å². The first-order valence-corrected chi connectivity index (χ1v) is 8.72. The molecule has 3 rings (SSSR count). The second kappa shape index (κ2) is 7.62. The lowest BCUT2D eigenvalue weighted by Gasteiger charge is -2.20. The molecule has 24 heavy (non-hydrogen) atoms. The lowest BCUT2D eigenvalue weighted by Crippen LogP contribution is -2.42. The molecule has 1 N–H and O–H groups in total. The van der Waals surface area contributed by atoms with E-state index in [-0.39, 0.29) is 11.9 Å². The number of nitrogens with zero attached hydrogens (tertiary/aromatic N) is 3. The van der Waals surface area contributed by atoms with Gasteiger partial charge in [-0.15, -0.1) is 0 Å². The molecule has 1 aliphatic heterocycles. The SMILES string of the molecule is CN(CCCc1cc(-c2ccccc2)n(C)n1)C(=O)C1CCCN1. The zero-order valence-corrected chi connectivity index (χ0v) is 14.5. The van der Waals surface area contributed by atoms with Gasteiger partial charge in [-0.1, -0.05) is 30.3 Å². The summed E-state index contributed by atoms with van der Waals surface area (Å²) in [5, 5.41) is 7.87. The molecular weight excluding hydrogens is 300 g/mol. The van der Waals surface area contributed by atoms with Crippen molar-refractivity contribution < 1.29 is 4.79 Å². The zero-order chi connectivity index (χ0) is 16.9. The minimum Gasteiger partial charge on any atom is -0.344 e. The van der Waals surface area contributed by atoms with E-state index in [0.29, 0.717) is 0 Å². The lowest BCUT2D eigenvalue weighted by molar-refractivity contribution is -0.131. The Kier molecular flexibility index (Phi) is 5.30. The molecule has 0 spiro atoms. The third-order valence-corrected chi connectivity index (χ3v) is 4.66. The van der Waals surface area contributed by atoms with Crippen LogP contribution < -0.4 is 5.32 Å². The van der Waals surface area contributed by atoms with E-state index in [2.05, 4.69) is 28.6 Å². The fraction of sp³-hybridized carbons (Fsp3) is 0.474. The Balaban J connectivity index is 1.53. The molecule has 0 aliphatic carbocycles. The van der Waals surface area contributed by atoms with Gasteiger partial charge in [0.25, 0.3) is 0 Å². The number of benzene rings is 1. The van der Waals surface area contributed by atoms with Gasteiger partial charge in [-0.3, -0.25) is 9.48 Å². The van der Waals surface area contributed by atoms with Gasteiger partial charge in [-0.25, -0.2) is 0 Å². The summed E-state index contributed by atoms with van der Waals surface area (Å²) in [4.78, 5) is 14.1. The van der Waals surface area contributed by atoms with Gasteiger partial charge in [0.15, 0.2) is 0 Å². The Morgan fingerprint density at radius 2 is 2.17 bits per heavy atom. The van der Waals surface area contributed by atoms with Crippen molar-refractivity contribution in [2.75, 3.05) is 20.1 Å². The molecule has 128 valence electrons. The summed E-state index contributed by atoms with van der Waals surface area (Å²) >= 11 is 0. The van der Waals surface area contributed by atoms with E-state index in [1.807, 2.05) is 41.9 Å². The molecule has 5 nitrogen and oxygen atoms in total. The topological polar surface area (TPSA) is 50.2 Å². The number of carbonyl (C=O) groups is 1. The summed E-state index contributed by atoms with van der Waals surface area (Å²) in [6.07, 6.45) is 3.88. The van der Waals surface area contributed by atoms with Crippen LogP contribution in [0, 0.1) is 0 Å². The van der Waals surface area contributed by atoms with Crippen LogP contribution in [0.3, 0.4) is 0 Å². The van der Waals surface area contributed by atoms with Gasteiger partial charge in [-0.2, -0.15) is 5.10 Å². The quantitative estimate of drug-likeness (QED) is 0.886. The van der Waals surface area contributed by atoms with E-state index in [4.69, 9.17) is 0 Å². The Labute approximate surface area is 143 Å². The largest absolute Gasteiger partial charge is 0.344 e. The van der Waals surface area contributed by atoms with Crippen molar-refractivity contribution in [1.29, 1.82) is 0 Å². The van der Waals surface area contributed by atoms with E-state index >= 15 is 0 Å². The molecule has 1 aromatic carbocycles. The standard InChI is InChI=1S/C19H26N4O/c1-22(19(24)17-11-6-12-20-17)13-7-10-16-14-18(23(2)21-16)15-8-4-3-5-9-15/h3-5,8-9,14,17,20H,6-7,10-13H2,1-2H3. The number of amides is 1. The molecule has 2 aromatic rings. The minimum absolute atomic E-state index is 0.0227. The molecule has 0 saturated carbocycles. The fourth-order valence-corrected chi connectivity index (χ4v) is 3.30. The number of likely N-dealkylation sites (N-methyl/N-ethyl adjacent to an activating group) is 1. The molecule has 0 radical (unpaired) electrons. The van der Waals surface area contributed by atoms with E-state index < -0.39 is 0 Å².